The van der Waals surface area contributed by atoms with Crippen LogP contribution in [0.4, 0.5) is 0 Å². The Morgan fingerprint density at radius 1 is 0.939 bits per heavy atom. The zero-order valence-electron chi connectivity index (χ0n) is 19.2. The van der Waals surface area contributed by atoms with Crippen LogP contribution in [0.2, 0.25) is 0 Å². The number of benzene rings is 2. The molecule has 1 aromatic heterocycles. The summed E-state index contributed by atoms with van der Waals surface area (Å²) in [6, 6.07) is 22.5. The van der Waals surface area contributed by atoms with Crippen LogP contribution >= 0.6 is 0 Å². The number of piperidine rings is 1. The van der Waals surface area contributed by atoms with Gasteiger partial charge >= 0.3 is 0 Å². The lowest BCUT2D eigenvalue weighted by Gasteiger charge is -2.41. The number of nitrogens with zero attached hydrogens (tertiary/aromatic N) is 2. The summed E-state index contributed by atoms with van der Waals surface area (Å²) >= 11 is 0. The molecule has 2 aromatic carbocycles. The fourth-order valence-corrected chi connectivity index (χ4v) is 4.69. The van der Waals surface area contributed by atoms with Crippen molar-refractivity contribution in [3.63, 3.8) is 0 Å². The summed E-state index contributed by atoms with van der Waals surface area (Å²) in [4.78, 5) is 32.1. The molecule has 5 heteroatoms. The van der Waals surface area contributed by atoms with Gasteiger partial charge in [0.25, 0.3) is 0 Å². The molecule has 1 aliphatic heterocycles. The summed E-state index contributed by atoms with van der Waals surface area (Å²) in [7, 11) is 0. The van der Waals surface area contributed by atoms with Crippen LogP contribution in [0.1, 0.15) is 30.9 Å². The molecule has 0 bridgehead atoms. The first kappa shape index (κ1) is 22.7. The van der Waals surface area contributed by atoms with Crippen LogP contribution in [0.15, 0.2) is 79.1 Å². The molecule has 4 rings (SSSR count). The van der Waals surface area contributed by atoms with Crippen LogP contribution in [0, 0.1) is 5.41 Å². The van der Waals surface area contributed by atoms with E-state index >= 15 is 0 Å². The average Bonchev–Trinajstić information content (AvgIpc) is 2.86. The molecule has 1 fully saturated rings. The lowest BCUT2D eigenvalue weighted by Crippen LogP contribution is -2.51. The Balaban J connectivity index is 1.49. The number of carbonyl (C=O) groups excluding carboxylic acids is 2. The molecular weight excluding hydrogens is 410 g/mol. The van der Waals surface area contributed by atoms with Gasteiger partial charge in [-0.05, 0) is 54.5 Å². The molecule has 1 N–H and O–H groups in total. The minimum Gasteiger partial charge on any atom is -0.356 e. The molecule has 0 aliphatic carbocycles. The molecule has 2 amide bonds. The lowest BCUT2D eigenvalue weighted by molar-refractivity contribution is -0.140. The second-order valence-corrected chi connectivity index (χ2v) is 8.80. The molecule has 2 heterocycles. The van der Waals surface area contributed by atoms with E-state index in [4.69, 9.17) is 0 Å². The minimum absolute atomic E-state index is 0.0921. The molecule has 0 radical (unpaired) electrons. The van der Waals surface area contributed by atoms with Gasteiger partial charge in [-0.1, -0.05) is 60.7 Å². The summed E-state index contributed by atoms with van der Waals surface area (Å²) in [5.41, 5.74) is 3.89. The van der Waals surface area contributed by atoms with Gasteiger partial charge in [0, 0.05) is 32.0 Å². The number of pyridine rings is 1. The topological polar surface area (TPSA) is 62.3 Å². The third-order valence-corrected chi connectivity index (χ3v) is 6.55. The smallest absolute Gasteiger partial charge is 0.227 e. The highest BCUT2D eigenvalue weighted by molar-refractivity contribution is 5.84. The summed E-state index contributed by atoms with van der Waals surface area (Å²) < 4.78 is 0. The number of likely N-dealkylation sites (tertiary alicyclic amines) is 1. The maximum atomic E-state index is 13.2. The maximum absolute atomic E-state index is 13.2. The zero-order valence-corrected chi connectivity index (χ0v) is 19.2. The van der Waals surface area contributed by atoms with Crippen LogP contribution < -0.4 is 5.32 Å². The van der Waals surface area contributed by atoms with E-state index in [-0.39, 0.29) is 11.8 Å². The Morgan fingerprint density at radius 3 is 2.36 bits per heavy atom. The fourth-order valence-electron chi connectivity index (χ4n) is 4.69. The molecule has 0 atom stereocenters. The second-order valence-electron chi connectivity index (χ2n) is 8.80. The highest BCUT2D eigenvalue weighted by Crippen LogP contribution is 2.36. The largest absolute Gasteiger partial charge is 0.356 e. The van der Waals surface area contributed by atoms with Crippen molar-refractivity contribution >= 4 is 11.8 Å². The standard InChI is InChI=1S/C28H31N3O2/c1-2-30-27(33)28(20-22-8-6-12-25(18-22)24-10-4-3-5-11-24)13-16-31(17-14-28)26(32)19-23-9-7-15-29-21-23/h3-12,15,18,21H,2,13-14,16-17,19-20H2,1H3,(H,30,33). The van der Waals surface area contributed by atoms with Gasteiger partial charge in [-0.15, -0.1) is 0 Å². The Hall–Kier alpha value is -3.47. The molecule has 1 aliphatic rings. The quantitative estimate of drug-likeness (QED) is 0.595. The molecule has 0 unspecified atom stereocenters. The van der Waals surface area contributed by atoms with E-state index in [1.54, 1.807) is 12.4 Å². The Bertz CT molecular complexity index is 1070. The van der Waals surface area contributed by atoms with E-state index in [1.807, 2.05) is 42.2 Å². The van der Waals surface area contributed by atoms with Crippen molar-refractivity contribution in [2.24, 2.45) is 5.41 Å². The highest BCUT2D eigenvalue weighted by atomic mass is 16.2. The monoisotopic (exact) mass is 441 g/mol. The van der Waals surface area contributed by atoms with Crippen molar-refractivity contribution in [1.29, 1.82) is 0 Å². The van der Waals surface area contributed by atoms with E-state index in [0.29, 0.717) is 45.3 Å². The first-order valence-electron chi connectivity index (χ1n) is 11.7. The molecule has 0 spiro atoms. The summed E-state index contributed by atoms with van der Waals surface area (Å²) in [6.07, 6.45) is 5.79. The SMILES string of the molecule is CCNC(=O)C1(Cc2cccc(-c3ccccc3)c2)CCN(C(=O)Cc2cccnc2)CC1. The van der Waals surface area contributed by atoms with Crippen molar-refractivity contribution < 1.29 is 9.59 Å². The number of hydrogen-bond donors (Lipinski definition) is 1. The number of aromatic nitrogens is 1. The van der Waals surface area contributed by atoms with Crippen molar-refractivity contribution in [1.82, 2.24) is 15.2 Å². The van der Waals surface area contributed by atoms with Gasteiger partial charge in [0.05, 0.1) is 11.8 Å². The molecular formula is C28H31N3O2. The maximum Gasteiger partial charge on any atom is 0.227 e. The van der Waals surface area contributed by atoms with Gasteiger partial charge in [-0.3, -0.25) is 14.6 Å². The minimum atomic E-state index is -0.504. The Morgan fingerprint density at radius 2 is 1.67 bits per heavy atom. The van der Waals surface area contributed by atoms with Crippen molar-refractivity contribution in [2.45, 2.75) is 32.6 Å². The number of nitrogens with one attached hydrogen (secondary N) is 1. The normalized spacial score (nSPS) is 15.1. The molecule has 33 heavy (non-hydrogen) atoms. The van der Waals surface area contributed by atoms with E-state index < -0.39 is 5.41 Å². The predicted octanol–water partition coefficient (Wildman–Crippen LogP) is 4.28. The van der Waals surface area contributed by atoms with E-state index in [9.17, 15) is 9.59 Å². The van der Waals surface area contributed by atoms with Gasteiger partial charge in [0.15, 0.2) is 0 Å². The highest BCUT2D eigenvalue weighted by Gasteiger charge is 2.42. The van der Waals surface area contributed by atoms with E-state index in [0.717, 1.165) is 16.7 Å². The Kier molecular flexibility index (Phi) is 7.18. The zero-order chi connectivity index (χ0) is 23.1. The second kappa shape index (κ2) is 10.4. The lowest BCUT2D eigenvalue weighted by atomic mass is 9.72. The van der Waals surface area contributed by atoms with Crippen LogP contribution in [0.25, 0.3) is 11.1 Å². The fraction of sp³-hybridized carbons (Fsp3) is 0.321. The van der Waals surface area contributed by atoms with Crippen LogP contribution in [-0.2, 0) is 22.4 Å². The van der Waals surface area contributed by atoms with Crippen LogP contribution in [0.5, 0.6) is 0 Å². The Labute approximate surface area is 195 Å². The number of amides is 2. The predicted molar refractivity (Wildman–Crippen MR) is 130 cm³/mol. The van der Waals surface area contributed by atoms with Crippen molar-refractivity contribution in [2.75, 3.05) is 19.6 Å². The van der Waals surface area contributed by atoms with Gasteiger partial charge in [-0.2, -0.15) is 0 Å². The first-order valence-corrected chi connectivity index (χ1v) is 11.7. The molecule has 0 saturated carbocycles. The van der Waals surface area contributed by atoms with Crippen LogP contribution in [-0.4, -0.2) is 41.3 Å². The molecule has 170 valence electrons. The van der Waals surface area contributed by atoms with E-state index in [2.05, 4.69) is 46.7 Å². The van der Waals surface area contributed by atoms with Gasteiger partial charge < -0.3 is 10.2 Å². The van der Waals surface area contributed by atoms with Crippen LogP contribution in [0.3, 0.4) is 0 Å². The third kappa shape index (κ3) is 5.48. The third-order valence-electron chi connectivity index (χ3n) is 6.55. The van der Waals surface area contributed by atoms with Gasteiger partial charge in [0.1, 0.15) is 0 Å². The van der Waals surface area contributed by atoms with E-state index in [1.165, 1.54) is 5.56 Å². The number of rotatable bonds is 7. The van der Waals surface area contributed by atoms with Gasteiger partial charge in [0.2, 0.25) is 11.8 Å². The summed E-state index contributed by atoms with van der Waals surface area (Å²) in [5.74, 6) is 0.188. The number of hydrogen-bond acceptors (Lipinski definition) is 3. The summed E-state index contributed by atoms with van der Waals surface area (Å²) in [6.45, 7) is 3.74. The van der Waals surface area contributed by atoms with Gasteiger partial charge in [-0.25, -0.2) is 0 Å². The van der Waals surface area contributed by atoms with Crippen molar-refractivity contribution in [3.05, 3.63) is 90.3 Å². The molecule has 1 saturated heterocycles. The molecule has 5 nitrogen and oxygen atoms in total. The molecule has 3 aromatic rings. The first-order chi connectivity index (χ1) is 16.1. The summed E-state index contributed by atoms with van der Waals surface area (Å²) in [5, 5.41) is 3.06. The van der Waals surface area contributed by atoms with Crippen molar-refractivity contribution in [3.8, 4) is 11.1 Å². The average molecular weight is 442 g/mol. The number of carbonyl (C=O) groups is 2.